The number of rotatable bonds is 1. The Kier molecular flexibility index (Phi) is 3.56. The number of hydrogen-bond acceptors (Lipinski definition) is 2. The van der Waals surface area contributed by atoms with Crippen molar-refractivity contribution in [2.75, 3.05) is 0 Å². The van der Waals surface area contributed by atoms with E-state index in [0.717, 1.165) is 11.1 Å². The standard InChI is InChI=1S/C20H24N2O/c1-19(2,3)15-10-9-13-7-6-8-14(16(13)12-15)11-17-18(23)21-22-20(17,4)5/h6-12,22H,1-5H3,(H,21,23)/b17-11+. The van der Waals surface area contributed by atoms with Crippen LogP contribution in [0.15, 0.2) is 42.0 Å². The summed E-state index contributed by atoms with van der Waals surface area (Å²) in [5.74, 6) is -0.0565. The van der Waals surface area contributed by atoms with E-state index in [9.17, 15) is 4.79 Å². The summed E-state index contributed by atoms with van der Waals surface area (Å²) in [6.45, 7) is 10.6. The van der Waals surface area contributed by atoms with Crippen LogP contribution in [0.4, 0.5) is 0 Å². The summed E-state index contributed by atoms with van der Waals surface area (Å²) in [7, 11) is 0. The molecule has 1 saturated heterocycles. The molecule has 2 N–H and O–H groups in total. The Hall–Kier alpha value is -2.13. The van der Waals surface area contributed by atoms with Crippen LogP contribution < -0.4 is 10.9 Å². The van der Waals surface area contributed by atoms with Crippen LogP contribution in [-0.2, 0) is 10.2 Å². The third-order valence-electron chi connectivity index (χ3n) is 4.49. The zero-order valence-corrected chi connectivity index (χ0v) is 14.4. The molecule has 3 nitrogen and oxygen atoms in total. The van der Waals surface area contributed by atoms with E-state index >= 15 is 0 Å². The highest BCUT2D eigenvalue weighted by molar-refractivity contribution is 6.04. The van der Waals surface area contributed by atoms with Gasteiger partial charge in [0.1, 0.15) is 0 Å². The first-order valence-corrected chi connectivity index (χ1v) is 8.01. The SMILES string of the molecule is CC1(C)NNC(=O)/C1=C\c1cccc2ccc(C(C)(C)C)cc12. The maximum absolute atomic E-state index is 12.1. The van der Waals surface area contributed by atoms with Crippen molar-refractivity contribution in [3.63, 3.8) is 0 Å². The summed E-state index contributed by atoms with van der Waals surface area (Å²) in [4.78, 5) is 12.1. The fourth-order valence-electron chi connectivity index (χ4n) is 2.92. The minimum atomic E-state index is -0.374. The minimum Gasteiger partial charge on any atom is -0.287 e. The Bertz CT molecular complexity index is 810. The number of benzene rings is 2. The Morgan fingerprint density at radius 3 is 2.43 bits per heavy atom. The third kappa shape index (κ3) is 2.89. The summed E-state index contributed by atoms with van der Waals surface area (Å²) in [5.41, 5.74) is 8.59. The van der Waals surface area contributed by atoms with E-state index in [0.29, 0.717) is 0 Å². The maximum Gasteiger partial charge on any atom is 0.263 e. The molecular formula is C20H24N2O. The molecule has 0 saturated carbocycles. The zero-order valence-electron chi connectivity index (χ0n) is 14.4. The van der Waals surface area contributed by atoms with Gasteiger partial charge in [-0.1, -0.05) is 57.2 Å². The van der Waals surface area contributed by atoms with Crippen molar-refractivity contribution in [1.29, 1.82) is 0 Å². The number of fused-ring (bicyclic) bond motifs is 1. The molecule has 1 aliphatic heterocycles. The third-order valence-corrected chi connectivity index (χ3v) is 4.49. The molecule has 0 bridgehead atoms. The van der Waals surface area contributed by atoms with Crippen LogP contribution in [0.3, 0.4) is 0 Å². The molecule has 0 aromatic heterocycles. The van der Waals surface area contributed by atoms with Gasteiger partial charge in [-0.25, -0.2) is 5.43 Å². The number of hydrazine groups is 1. The van der Waals surface area contributed by atoms with Gasteiger partial charge in [-0.15, -0.1) is 0 Å². The molecule has 0 spiro atoms. The van der Waals surface area contributed by atoms with Gasteiger partial charge in [-0.05, 0) is 47.2 Å². The van der Waals surface area contributed by atoms with Crippen molar-refractivity contribution in [3.05, 3.63) is 53.1 Å². The van der Waals surface area contributed by atoms with E-state index in [1.807, 2.05) is 26.0 Å². The number of carbonyl (C=O) groups excluding carboxylic acids is 1. The maximum atomic E-state index is 12.1. The van der Waals surface area contributed by atoms with Gasteiger partial charge >= 0.3 is 0 Å². The van der Waals surface area contributed by atoms with Crippen molar-refractivity contribution in [3.8, 4) is 0 Å². The highest BCUT2D eigenvalue weighted by Gasteiger charge is 2.35. The molecule has 2 aromatic carbocycles. The Morgan fingerprint density at radius 1 is 1.09 bits per heavy atom. The monoisotopic (exact) mass is 308 g/mol. The van der Waals surface area contributed by atoms with E-state index < -0.39 is 0 Å². The smallest absolute Gasteiger partial charge is 0.263 e. The lowest BCUT2D eigenvalue weighted by Crippen LogP contribution is -2.38. The van der Waals surface area contributed by atoms with Crippen LogP contribution in [0.2, 0.25) is 0 Å². The second-order valence-corrected chi connectivity index (χ2v) is 7.80. The molecule has 23 heavy (non-hydrogen) atoms. The number of carbonyl (C=O) groups is 1. The lowest BCUT2D eigenvalue weighted by Gasteiger charge is -2.20. The fourth-order valence-corrected chi connectivity index (χ4v) is 2.92. The highest BCUT2D eigenvalue weighted by Crippen LogP contribution is 2.30. The van der Waals surface area contributed by atoms with Crippen LogP contribution in [0.25, 0.3) is 16.8 Å². The number of nitrogens with one attached hydrogen (secondary N) is 2. The molecule has 3 heteroatoms. The molecule has 0 radical (unpaired) electrons. The van der Waals surface area contributed by atoms with Crippen LogP contribution in [0.5, 0.6) is 0 Å². The average Bonchev–Trinajstić information content (AvgIpc) is 2.73. The van der Waals surface area contributed by atoms with Crippen LogP contribution >= 0.6 is 0 Å². The second-order valence-electron chi connectivity index (χ2n) is 7.80. The average molecular weight is 308 g/mol. The van der Waals surface area contributed by atoms with Crippen molar-refractivity contribution in [1.82, 2.24) is 10.9 Å². The zero-order chi connectivity index (χ0) is 16.8. The lowest BCUT2D eigenvalue weighted by atomic mass is 9.85. The first-order valence-electron chi connectivity index (χ1n) is 8.01. The summed E-state index contributed by atoms with van der Waals surface area (Å²) in [6, 6.07) is 12.8. The topological polar surface area (TPSA) is 41.1 Å². The Morgan fingerprint density at radius 2 is 1.83 bits per heavy atom. The van der Waals surface area contributed by atoms with E-state index in [-0.39, 0.29) is 16.9 Å². The molecule has 1 fully saturated rings. The highest BCUT2D eigenvalue weighted by atomic mass is 16.2. The van der Waals surface area contributed by atoms with Crippen molar-refractivity contribution < 1.29 is 4.79 Å². The first-order chi connectivity index (χ1) is 10.7. The summed E-state index contributed by atoms with van der Waals surface area (Å²) in [5, 5.41) is 2.37. The molecule has 1 aliphatic rings. The van der Waals surface area contributed by atoms with Gasteiger partial charge in [-0.2, -0.15) is 0 Å². The minimum absolute atomic E-state index is 0.0565. The van der Waals surface area contributed by atoms with Crippen LogP contribution in [0.1, 0.15) is 45.7 Å². The van der Waals surface area contributed by atoms with Crippen molar-refractivity contribution in [2.45, 2.75) is 45.6 Å². The molecule has 120 valence electrons. The van der Waals surface area contributed by atoms with Crippen molar-refractivity contribution in [2.24, 2.45) is 0 Å². The lowest BCUT2D eigenvalue weighted by molar-refractivity contribution is -0.116. The quantitative estimate of drug-likeness (QED) is 0.784. The second kappa shape index (κ2) is 5.20. The van der Waals surface area contributed by atoms with Gasteiger partial charge in [0, 0.05) is 5.57 Å². The van der Waals surface area contributed by atoms with Gasteiger partial charge in [0.25, 0.3) is 5.91 Å². The van der Waals surface area contributed by atoms with Crippen molar-refractivity contribution >= 4 is 22.8 Å². The molecule has 1 amide bonds. The van der Waals surface area contributed by atoms with Gasteiger partial charge in [-0.3, -0.25) is 10.2 Å². The summed E-state index contributed by atoms with van der Waals surface area (Å²) in [6.07, 6.45) is 2.00. The van der Waals surface area contributed by atoms with E-state index in [1.54, 1.807) is 0 Å². The first kappa shape index (κ1) is 15.8. The molecule has 1 heterocycles. The Labute approximate surface area is 137 Å². The molecule has 0 unspecified atom stereocenters. The van der Waals surface area contributed by atoms with Gasteiger partial charge < -0.3 is 0 Å². The molecular weight excluding hydrogens is 284 g/mol. The molecule has 3 rings (SSSR count). The number of amides is 1. The largest absolute Gasteiger partial charge is 0.287 e. The molecule has 2 aromatic rings. The molecule has 0 aliphatic carbocycles. The van der Waals surface area contributed by atoms with Gasteiger partial charge in [0.2, 0.25) is 0 Å². The predicted octanol–water partition coefficient (Wildman–Crippen LogP) is 3.93. The van der Waals surface area contributed by atoms with E-state index in [1.165, 1.54) is 16.3 Å². The van der Waals surface area contributed by atoms with Gasteiger partial charge in [0.05, 0.1) is 5.54 Å². The summed E-state index contributed by atoms with van der Waals surface area (Å²) < 4.78 is 0. The summed E-state index contributed by atoms with van der Waals surface area (Å²) >= 11 is 0. The van der Waals surface area contributed by atoms with Gasteiger partial charge in [0.15, 0.2) is 0 Å². The Balaban J connectivity index is 2.20. The normalized spacial score (nSPS) is 19.3. The van der Waals surface area contributed by atoms with Crippen LogP contribution in [0, 0.1) is 0 Å². The number of hydrogen-bond donors (Lipinski definition) is 2. The van der Waals surface area contributed by atoms with Crippen LogP contribution in [-0.4, -0.2) is 11.4 Å². The predicted molar refractivity (Wildman–Crippen MR) is 96.0 cm³/mol. The fraction of sp³-hybridized carbons (Fsp3) is 0.350. The van der Waals surface area contributed by atoms with E-state index in [4.69, 9.17) is 0 Å². The van der Waals surface area contributed by atoms with E-state index in [2.05, 4.69) is 62.0 Å². The molecule has 0 atom stereocenters.